The van der Waals surface area contributed by atoms with E-state index in [-0.39, 0.29) is 19.1 Å². The minimum Gasteiger partial charge on any atom is -0.482 e. The molecule has 0 radical (unpaired) electrons. The number of hydrogen-bond donors (Lipinski definition) is 2. The summed E-state index contributed by atoms with van der Waals surface area (Å²) in [5.74, 6) is -0.132. The van der Waals surface area contributed by atoms with Crippen LogP contribution in [-0.4, -0.2) is 32.1 Å². The van der Waals surface area contributed by atoms with Gasteiger partial charge in [-0.3, -0.25) is 4.79 Å². The summed E-state index contributed by atoms with van der Waals surface area (Å²) in [5.41, 5.74) is 6.03. The van der Waals surface area contributed by atoms with E-state index in [4.69, 9.17) is 10.5 Å². The smallest absolute Gasteiger partial charge is 0.343 e. The molecule has 0 aliphatic rings. The van der Waals surface area contributed by atoms with Crippen LogP contribution >= 0.6 is 0 Å². The summed E-state index contributed by atoms with van der Waals surface area (Å²) < 4.78 is 9.68. The van der Waals surface area contributed by atoms with Crippen LogP contribution in [-0.2, 0) is 20.9 Å². The number of ether oxygens (including phenoxy) is 2. The molecule has 0 aliphatic heterocycles. The van der Waals surface area contributed by atoms with Gasteiger partial charge in [-0.1, -0.05) is 12.1 Å². The Kier molecular flexibility index (Phi) is 5.66. The van der Waals surface area contributed by atoms with Crippen molar-refractivity contribution in [2.45, 2.75) is 6.54 Å². The Morgan fingerprint density at radius 3 is 2.83 bits per heavy atom. The Balaban J connectivity index is 2.51. The maximum atomic E-state index is 11.0. The van der Waals surface area contributed by atoms with Crippen molar-refractivity contribution in [2.75, 3.05) is 20.3 Å². The van der Waals surface area contributed by atoms with Crippen LogP contribution < -0.4 is 15.8 Å². The fourth-order valence-corrected chi connectivity index (χ4v) is 1.22. The molecule has 1 aromatic rings. The first-order chi connectivity index (χ1) is 8.65. The lowest BCUT2D eigenvalue weighted by Gasteiger charge is -2.07. The van der Waals surface area contributed by atoms with E-state index in [1.807, 2.05) is 6.07 Å². The van der Waals surface area contributed by atoms with Gasteiger partial charge < -0.3 is 20.5 Å². The third-order valence-corrected chi connectivity index (χ3v) is 2.16. The highest BCUT2D eigenvalue weighted by Crippen LogP contribution is 2.13. The maximum absolute atomic E-state index is 11.0. The molecule has 0 spiro atoms. The molecule has 0 atom stereocenters. The van der Waals surface area contributed by atoms with Gasteiger partial charge in [0, 0.05) is 6.54 Å². The first kappa shape index (κ1) is 14.0. The summed E-state index contributed by atoms with van der Waals surface area (Å²) in [7, 11) is 1.30. The molecule has 0 unspecified atom stereocenters. The van der Waals surface area contributed by atoms with Crippen LogP contribution in [0.15, 0.2) is 24.3 Å². The topological polar surface area (TPSA) is 90.6 Å². The van der Waals surface area contributed by atoms with Crippen molar-refractivity contribution >= 4 is 11.9 Å². The van der Waals surface area contributed by atoms with E-state index in [1.165, 1.54) is 7.11 Å². The van der Waals surface area contributed by atoms with Gasteiger partial charge in [0.2, 0.25) is 5.91 Å². The molecule has 0 heterocycles. The molecule has 0 saturated heterocycles. The second-order valence-corrected chi connectivity index (χ2v) is 3.49. The quantitative estimate of drug-likeness (QED) is 0.685. The number of amides is 1. The molecule has 98 valence electrons. The highest BCUT2D eigenvalue weighted by atomic mass is 16.6. The minimum absolute atomic E-state index is 0.0431. The summed E-state index contributed by atoms with van der Waals surface area (Å²) in [6, 6.07) is 7.06. The van der Waals surface area contributed by atoms with Crippen LogP contribution in [0.5, 0.6) is 5.75 Å². The van der Waals surface area contributed by atoms with Crippen molar-refractivity contribution in [2.24, 2.45) is 5.73 Å². The average molecular weight is 252 g/mol. The summed E-state index contributed by atoms with van der Waals surface area (Å²) in [4.78, 5) is 21.9. The fourth-order valence-electron chi connectivity index (χ4n) is 1.22. The minimum atomic E-state index is -0.447. The van der Waals surface area contributed by atoms with Crippen molar-refractivity contribution in [1.82, 2.24) is 5.32 Å². The van der Waals surface area contributed by atoms with E-state index in [1.54, 1.807) is 18.2 Å². The van der Waals surface area contributed by atoms with E-state index in [0.29, 0.717) is 12.3 Å². The summed E-state index contributed by atoms with van der Waals surface area (Å²) in [6.45, 7) is 0.180. The van der Waals surface area contributed by atoms with Gasteiger partial charge in [-0.15, -0.1) is 0 Å². The summed E-state index contributed by atoms with van der Waals surface area (Å²) in [5, 5.41) is 2.64. The molecule has 0 saturated carbocycles. The normalized spacial score (nSPS) is 9.67. The summed E-state index contributed by atoms with van der Waals surface area (Å²) >= 11 is 0. The van der Waals surface area contributed by atoms with Crippen molar-refractivity contribution in [3.05, 3.63) is 29.8 Å². The molecule has 6 nitrogen and oxygen atoms in total. The number of hydrogen-bond acceptors (Lipinski definition) is 5. The average Bonchev–Trinajstić information content (AvgIpc) is 2.42. The van der Waals surface area contributed by atoms with Gasteiger partial charge in [0.1, 0.15) is 5.75 Å². The van der Waals surface area contributed by atoms with Gasteiger partial charge in [-0.05, 0) is 17.7 Å². The van der Waals surface area contributed by atoms with Gasteiger partial charge in [0.15, 0.2) is 6.61 Å². The second kappa shape index (κ2) is 7.29. The molecule has 18 heavy (non-hydrogen) atoms. The van der Waals surface area contributed by atoms with E-state index in [9.17, 15) is 9.59 Å². The highest BCUT2D eigenvalue weighted by molar-refractivity contribution is 5.77. The monoisotopic (exact) mass is 252 g/mol. The first-order valence-electron chi connectivity index (χ1n) is 5.41. The van der Waals surface area contributed by atoms with Crippen LogP contribution in [0.1, 0.15) is 5.56 Å². The molecule has 6 heteroatoms. The van der Waals surface area contributed by atoms with Gasteiger partial charge in [0.05, 0.1) is 13.7 Å². The zero-order chi connectivity index (χ0) is 13.4. The number of methoxy groups -OCH3 is 1. The lowest BCUT2D eigenvalue weighted by atomic mass is 10.2. The van der Waals surface area contributed by atoms with Crippen molar-refractivity contribution < 1.29 is 19.1 Å². The van der Waals surface area contributed by atoms with Crippen LogP contribution in [0.3, 0.4) is 0 Å². The van der Waals surface area contributed by atoms with E-state index < -0.39 is 5.97 Å². The highest BCUT2D eigenvalue weighted by Gasteiger charge is 2.03. The van der Waals surface area contributed by atoms with Crippen molar-refractivity contribution in [3.63, 3.8) is 0 Å². The molecule has 1 rings (SSSR count). The van der Waals surface area contributed by atoms with Crippen LogP contribution in [0.4, 0.5) is 0 Å². The maximum Gasteiger partial charge on any atom is 0.343 e. The molecule has 1 aromatic carbocycles. The molecule has 1 amide bonds. The third kappa shape index (κ3) is 4.84. The van der Waals surface area contributed by atoms with Gasteiger partial charge >= 0.3 is 5.97 Å². The molecule has 0 bridgehead atoms. The molecular formula is C12H16N2O4. The Labute approximate surface area is 105 Å². The van der Waals surface area contributed by atoms with Crippen LogP contribution in [0, 0.1) is 0 Å². The van der Waals surface area contributed by atoms with Gasteiger partial charge in [-0.25, -0.2) is 4.79 Å². The number of esters is 1. The number of rotatable bonds is 6. The van der Waals surface area contributed by atoms with Gasteiger partial charge in [-0.2, -0.15) is 0 Å². The number of nitrogens with one attached hydrogen (secondary N) is 1. The van der Waals surface area contributed by atoms with E-state index in [0.717, 1.165) is 5.56 Å². The van der Waals surface area contributed by atoms with Crippen molar-refractivity contribution in [3.8, 4) is 5.75 Å². The molecular weight excluding hydrogens is 236 g/mol. The van der Waals surface area contributed by atoms with Crippen molar-refractivity contribution in [1.29, 1.82) is 0 Å². The largest absolute Gasteiger partial charge is 0.482 e. The molecule has 3 N–H and O–H groups in total. The number of nitrogens with two attached hydrogens (primary N) is 1. The lowest BCUT2D eigenvalue weighted by Crippen LogP contribution is -2.29. The zero-order valence-electron chi connectivity index (χ0n) is 10.1. The predicted molar refractivity (Wildman–Crippen MR) is 64.9 cm³/mol. The van der Waals surface area contributed by atoms with E-state index >= 15 is 0 Å². The predicted octanol–water partition coefficient (Wildman–Crippen LogP) is -0.187. The number of carbonyl (C=O) groups is 2. The van der Waals surface area contributed by atoms with Gasteiger partial charge in [0.25, 0.3) is 0 Å². The SMILES string of the molecule is COC(=O)COc1cccc(CNC(=O)CN)c1. The first-order valence-corrected chi connectivity index (χ1v) is 5.41. The second-order valence-electron chi connectivity index (χ2n) is 3.49. The lowest BCUT2D eigenvalue weighted by molar-refractivity contribution is -0.142. The zero-order valence-corrected chi connectivity index (χ0v) is 10.1. The Morgan fingerprint density at radius 2 is 2.17 bits per heavy atom. The van der Waals surface area contributed by atoms with E-state index in [2.05, 4.69) is 10.1 Å². The molecule has 0 fully saturated rings. The Hall–Kier alpha value is -2.08. The standard InChI is InChI=1S/C12H16N2O4/c1-17-12(16)8-18-10-4-2-3-9(5-10)7-14-11(15)6-13/h2-5H,6-8,13H2,1H3,(H,14,15). The molecule has 0 aromatic heterocycles. The molecule has 0 aliphatic carbocycles. The Bertz CT molecular complexity index is 385. The van der Waals surface area contributed by atoms with Crippen LogP contribution in [0.2, 0.25) is 0 Å². The summed E-state index contributed by atoms with van der Waals surface area (Å²) in [6.07, 6.45) is 0. The number of benzene rings is 1. The Morgan fingerprint density at radius 1 is 1.39 bits per heavy atom. The fraction of sp³-hybridized carbons (Fsp3) is 0.333. The third-order valence-electron chi connectivity index (χ3n) is 2.16. The van der Waals surface area contributed by atoms with Crippen LogP contribution in [0.25, 0.3) is 0 Å². The number of carbonyl (C=O) groups excluding carboxylic acids is 2.